The highest BCUT2D eigenvalue weighted by Gasteiger charge is 2.56. The summed E-state index contributed by atoms with van der Waals surface area (Å²) in [5, 5.41) is 11.1. The van der Waals surface area contributed by atoms with Crippen LogP contribution in [0.1, 0.15) is 49.7 Å². The van der Waals surface area contributed by atoms with Gasteiger partial charge in [-0.25, -0.2) is 0 Å². The summed E-state index contributed by atoms with van der Waals surface area (Å²) in [6, 6.07) is 8.44. The van der Waals surface area contributed by atoms with Crippen LogP contribution in [0.2, 0.25) is 0 Å². The average molecular weight is 259 g/mol. The monoisotopic (exact) mass is 259 g/mol. The van der Waals surface area contributed by atoms with Crippen molar-refractivity contribution >= 4 is 5.91 Å². The van der Waals surface area contributed by atoms with Gasteiger partial charge < -0.3 is 10.8 Å². The summed E-state index contributed by atoms with van der Waals surface area (Å²) in [6.07, 6.45) is 5.66. The number of aryl methyl sites for hydroxylation is 1. The van der Waals surface area contributed by atoms with Crippen LogP contribution in [0.4, 0.5) is 0 Å². The topological polar surface area (TPSA) is 63.3 Å². The van der Waals surface area contributed by atoms with Crippen LogP contribution in [-0.2, 0) is 16.6 Å². The van der Waals surface area contributed by atoms with Gasteiger partial charge >= 0.3 is 0 Å². The number of carbonyl (C=O) groups is 1. The minimum absolute atomic E-state index is 0.140. The highest BCUT2D eigenvalue weighted by molar-refractivity contribution is 5.73. The maximum Gasteiger partial charge on any atom is 0.217 e. The van der Waals surface area contributed by atoms with E-state index in [0.29, 0.717) is 6.42 Å². The Bertz CT molecular complexity index is 513. The van der Waals surface area contributed by atoms with E-state index >= 15 is 0 Å². The zero-order valence-corrected chi connectivity index (χ0v) is 11.2. The molecule has 2 aliphatic rings. The summed E-state index contributed by atoms with van der Waals surface area (Å²) in [5.41, 5.74) is 7.03. The molecule has 2 atom stereocenters. The number of benzene rings is 1. The predicted molar refractivity (Wildman–Crippen MR) is 73.7 cm³/mol. The lowest BCUT2D eigenvalue weighted by Gasteiger charge is -2.40. The Hall–Kier alpha value is -1.35. The van der Waals surface area contributed by atoms with E-state index in [1.54, 1.807) is 0 Å². The molecule has 0 heterocycles. The summed E-state index contributed by atoms with van der Waals surface area (Å²) in [5.74, 6) is -0.318. The molecule has 3 heteroatoms. The van der Waals surface area contributed by atoms with Crippen molar-refractivity contribution in [2.75, 3.05) is 0 Å². The highest BCUT2D eigenvalue weighted by atomic mass is 16.3. The van der Waals surface area contributed by atoms with Crippen molar-refractivity contribution in [1.82, 2.24) is 0 Å². The van der Waals surface area contributed by atoms with E-state index in [4.69, 9.17) is 5.73 Å². The number of aliphatic hydroxyl groups is 1. The smallest absolute Gasteiger partial charge is 0.217 e. The summed E-state index contributed by atoms with van der Waals surface area (Å²) in [4.78, 5) is 11.1. The molecule has 0 saturated heterocycles. The van der Waals surface area contributed by atoms with Crippen molar-refractivity contribution in [3.63, 3.8) is 0 Å². The molecule has 3 nitrogen and oxygen atoms in total. The fourth-order valence-electron chi connectivity index (χ4n) is 4.28. The predicted octanol–water partition coefficient (Wildman–Crippen LogP) is 2.05. The van der Waals surface area contributed by atoms with Gasteiger partial charge in [0, 0.05) is 11.8 Å². The number of fused-ring (bicyclic) bond motifs is 2. The summed E-state index contributed by atoms with van der Waals surface area (Å²) >= 11 is 0. The van der Waals surface area contributed by atoms with Gasteiger partial charge in [0.2, 0.25) is 5.91 Å². The molecule has 2 aliphatic carbocycles. The van der Waals surface area contributed by atoms with E-state index in [2.05, 4.69) is 24.3 Å². The largest absolute Gasteiger partial charge is 0.389 e. The van der Waals surface area contributed by atoms with Gasteiger partial charge in [-0.1, -0.05) is 24.3 Å². The lowest BCUT2D eigenvalue weighted by atomic mass is 9.68. The van der Waals surface area contributed by atoms with Gasteiger partial charge in [-0.3, -0.25) is 4.79 Å². The molecule has 3 N–H and O–H groups in total. The van der Waals surface area contributed by atoms with E-state index in [1.165, 1.54) is 11.1 Å². The number of nitrogens with two attached hydrogens (primary N) is 1. The lowest BCUT2D eigenvalue weighted by Crippen LogP contribution is -2.46. The molecule has 0 aliphatic heterocycles. The van der Waals surface area contributed by atoms with E-state index in [0.717, 1.165) is 32.1 Å². The molecule has 1 saturated carbocycles. The van der Waals surface area contributed by atoms with Crippen LogP contribution in [0, 0.1) is 0 Å². The van der Waals surface area contributed by atoms with Crippen molar-refractivity contribution in [1.29, 1.82) is 0 Å². The Labute approximate surface area is 113 Å². The Morgan fingerprint density at radius 2 is 2.05 bits per heavy atom. The van der Waals surface area contributed by atoms with Gasteiger partial charge in [-0.05, 0) is 49.7 Å². The third-order valence-electron chi connectivity index (χ3n) is 5.22. The van der Waals surface area contributed by atoms with Crippen molar-refractivity contribution < 1.29 is 9.90 Å². The van der Waals surface area contributed by atoms with Gasteiger partial charge in [0.1, 0.15) is 0 Å². The number of rotatable bonds is 3. The van der Waals surface area contributed by atoms with Crippen LogP contribution in [0.5, 0.6) is 0 Å². The fraction of sp³-hybridized carbons (Fsp3) is 0.562. The second kappa shape index (κ2) is 4.34. The van der Waals surface area contributed by atoms with E-state index in [-0.39, 0.29) is 17.7 Å². The van der Waals surface area contributed by atoms with Crippen LogP contribution in [0.25, 0.3) is 0 Å². The molecule has 2 unspecified atom stereocenters. The van der Waals surface area contributed by atoms with Gasteiger partial charge in [0.05, 0.1) is 5.60 Å². The molecule has 19 heavy (non-hydrogen) atoms. The minimum atomic E-state index is -0.755. The Morgan fingerprint density at radius 1 is 1.26 bits per heavy atom. The van der Waals surface area contributed by atoms with Crippen LogP contribution >= 0.6 is 0 Å². The second-order valence-corrected chi connectivity index (χ2v) is 6.09. The maximum atomic E-state index is 11.1. The van der Waals surface area contributed by atoms with Gasteiger partial charge in [0.15, 0.2) is 0 Å². The first-order chi connectivity index (χ1) is 9.07. The number of amides is 1. The first-order valence-electron chi connectivity index (χ1n) is 7.17. The normalized spacial score (nSPS) is 32.7. The Balaban J connectivity index is 1.97. The molecular formula is C16H21NO2. The molecule has 1 aromatic rings. The molecule has 1 spiro atoms. The molecule has 0 bridgehead atoms. The number of carbonyl (C=O) groups excluding carboxylic acids is 1. The number of primary amides is 1. The first-order valence-corrected chi connectivity index (χ1v) is 7.17. The Morgan fingerprint density at radius 3 is 2.84 bits per heavy atom. The minimum Gasteiger partial charge on any atom is -0.389 e. The number of hydrogen-bond donors (Lipinski definition) is 2. The lowest BCUT2D eigenvalue weighted by molar-refractivity contribution is -0.120. The summed E-state index contributed by atoms with van der Waals surface area (Å²) in [7, 11) is 0. The molecule has 3 rings (SSSR count). The number of hydrogen-bond acceptors (Lipinski definition) is 2. The van der Waals surface area contributed by atoms with Crippen LogP contribution < -0.4 is 5.73 Å². The van der Waals surface area contributed by atoms with Crippen LogP contribution in [0.15, 0.2) is 24.3 Å². The van der Waals surface area contributed by atoms with Crippen molar-refractivity contribution in [2.24, 2.45) is 5.73 Å². The maximum absolute atomic E-state index is 11.1. The van der Waals surface area contributed by atoms with Crippen molar-refractivity contribution in [3.05, 3.63) is 35.4 Å². The van der Waals surface area contributed by atoms with Crippen LogP contribution in [0.3, 0.4) is 0 Å². The zero-order chi connectivity index (χ0) is 13.5. The summed E-state index contributed by atoms with van der Waals surface area (Å²) in [6.45, 7) is 0. The molecule has 102 valence electrons. The molecular weight excluding hydrogens is 238 g/mol. The third kappa shape index (κ3) is 1.79. The van der Waals surface area contributed by atoms with Crippen molar-refractivity contribution in [3.8, 4) is 0 Å². The van der Waals surface area contributed by atoms with E-state index < -0.39 is 5.60 Å². The average Bonchev–Trinajstić information content (AvgIpc) is 2.93. The quantitative estimate of drug-likeness (QED) is 0.872. The first kappa shape index (κ1) is 12.7. The highest BCUT2D eigenvalue weighted by Crippen LogP contribution is 2.57. The van der Waals surface area contributed by atoms with E-state index in [9.17, 15) is 9.90 Å². The van der Waals surface area contributed by atoms with Gasteiger partial charge in [0.25, 0.3) is 0 Å². The Kier molecular flexibility index (Phi) is 2.90. The third-order valence-corrected chi connectivity index (χ3v) is 5.22. The summed E-state index contributed by atoms with van der Waals surface area (Å²) < 4.78 is 0. The van der Waals surface area contributed by atoms with Gasteiger partial charge in [-0.15, -0.1) is 0 Å². The van der Waals surface area contributed by atoms with Crippen molar-refractivity contribution in [2.45, 2.75) is 56.0 Å². The molecule has 1 fully saturated rings. The molecule has 1 amide bonds. The fourth-order valence-corrected chi connectivity index (χ4v) is 4.28. The second-order valence-electron chi connectivity index (χ2n) is 6.09. The molecule has 0 aromatic heterocycles. The zero-order valence-electron chi connectivity index (χ0n) is 11.2. The van der Waals surface area contributed by atoms with E-state index in [1.807, 2.05) is 0 Å². The van der Waals surface area contributed by atoms with Crippen LogP contribution in [-0.4, -0.2) is 16.6 Å². The molecule has 0 radical (unpaired) electrons. The van der Waals surface area contributed by atoms with Gasteiger partial charge in [-0.2, -0.15) is 0 Å². The SMILES string of the molecule is NC(=O)CCC1(O)CCCC12CCc1ccccc12. The molecule has 1 aromatic carbocycles. The standard InChI is InChI=1S/C16H21NO2/c17-14(18)7-11-16(19)9-3-8-15(16)10-6-12-4-1-2-5-13(12)15/h1-2,4-5,19H,3,6-11H2,(H2,17,18).